The summed E-state index contributed by atoms with van der Waals surface area (Å²) in [4.78, 5) is 12.2. The standard InChI is InChI=1S/C14H21NO.C4H8O3/c1-12(2)15-9-8-14(10-15)16-11-13-6-4-3-5-7-13;1-7-3-2-4(5)6/h3-7,12,14H,8-11H2,1-2H3;2-3H2,1H3,(H,5,6). The first kappa shape index (κ1) is 19.6. The van der Waals surface area contributed by atoms with E-state index in [-0.39, 0.29) is 6.42 Å². The first-order valence-corrected chi connectivity index (χ1v) is 8.13. The van der Waals surface area contributed by atoms with E-state index >= 15 is 0 Å². The SMILES string of the molecule is CC(C)N1CCC(OCc2ccccc2)C1.COCCC(=O)O. The smallest absolute Gasteiger partial charge is 0.305 e. The molecule has 1 saturated heterocycles. The highest BCUT2D eigenvalue weighted by Gasteiger charge is 2.24. The highest BCUT2D eigenvalue weighted by atomic mass is 16.5. The molecule has 1 heterocycles. The molecule has 1 atom stereocenters. The lowest BCUT2D eigenvalue weighted by Crippen LogP contribution is -2.29. The normalized spacial score (nSPS) is 17.8. The van der Waals surface area contributed by atoms with E-state index in [1.807, 2.05) is 6.07 Å². The number of rotatable bonds is 7. The minimum absolute atomic E-state index is 0.0938. The Balaban J connectivity index is 0.000000322. The minimum atomic E-state index is -0.818. The number of likely N-dealkylation sites (tertiary alicyclic amines) is 1. The van der Waals surface area contributed by atoms with Gasteiger partial charge in [-0.05, 0) is 25.8 Å². The van der Waals surface area contributed by atoms with Gasteiger partial charge in [0.1, 0.15) is 0 Å². The van der Waals surface area contributed by atoms with Crippen molar-refractivity contribution in [3.05, 3.63) is 35.9 Å². The molecule has 0 radical (unpaired) electrons. The lowest BCUT2D eigenvalue weighted by molar-refractivity contribution is -0.137. The van der Waals surface area contributed by atoms with Crippen molar-refractivity contribution in [3.8, 4) is 0 Å². The fraction of sp³-hybridized carbons (Fsp3) is 0.611. The Hall–Kier alpha value is -1.43. The Bertz CT molecular complexity index is 436. The van der Waals surface area contributed by atoms with Crippen LogP contribution in [0.1, 0.15) is 32.3 Å². The van der Waals surface area contributed by atoms with Crippen LogP contribution in [-0.2, 0) is 20.9 Å². The molecule has 0 amide bonds. The molecule has 1 N–H and O–H groups in total. The summed E-state index contributed by atoms with van der Waals surface area (Å²) in [6.07, 6.45) is 1.68. The second kappa shape index (κ2) is 11.2. The van der Waals surface area contributed by atoms with Gasteiger partial charge < -0.3 is 14.6 Å². The third-order valence-electron chi connectivity index (χ3n) is 3.76. The number of methoxy groups -OCH3 is 1. The van der Waals surface area contributed by atoms with Crippen molar-refractivity contribution in [2.75, 3.05) is 26.8 Å². The molecule has 1 aliphatic heterocycles. The molecule has 1 aromatic rings. The molecular weight excluding hydrogens is 294 g/mol. The van der Waals surface area contributed by atoms with E-state index in [0.717, 1.165) is 13.2 Å². The van der Waals surface area contributed by atoms with Gasteiger partial charge in [-0.2, -0.15) is 0 Å². The lowest BCUT2D eigenvalue weighted by atomic mass is 10.2. The van der Waals surface area contributed by atoms with Crippen LogP contribution >= 0.6 is 0 Å². The molecule has 1 fully saturated rings. The number of aliphatic carboxylic acids is 1. The fourth-order valence-electron chi connectivity index (χ4n) is 2.34. The van der Waals surface area contributed by atoms with Crippen molar-refractivity contribution in [1.82, 2.24) is 4.90 Å². The van der Waals surface area contributed by atoms with Crippen LogP contribution in [0.25, 0.3) is 0 Å². The van der Waals surface area contributed by atoms with Crippen LogP contribution in [0.4, 0.5) is 0 Å². The van der Waals surface area contributed by atoms with Gasteiger partial charge in [-0.1, -0.05) is 30.3 Å². The van der Waals surface area contributed by atoms with Crippen LogP contribution in [0.5, 0.6) is 0 Å². The number of hydrogen-bond donors (Lipinski definition) is 1. The number of carboxylic acid groups (broad SMARTS) is 1. The van der Waals surface area contributed by atoms with E-state index in [9.17, 15) is 4.79 Å². The summed E-state index contributed by atoms with van der Waals surface area (Å²) in [5.74, 6) is -0.818. The minimum Gasteiger partial charge on any atom is -0.481 e. The van der Waals surface area contributed by atoms with Gasteiger partial charge in [-0.3, -0.25) is 9.69 Å². The van der Waals surface area contributed by atoms with Gasteiger partial charge in [0.2, 0.25) is 0 Å². The monoisotopic (exact) mass is 323 g/mol. The van der Waals surface area contributed by atoms with Gasteiger partial charge in [0.15, 0.2) is 0 Å². The van der Waals surface area contributed by atoms with Crippen LogP contribution in [0, 0.1) is 0 Å². The third-order valence-corrected chi connectivity index (χ3v) is 3.76. The predicted molar refractivity (Wildman–Crippen MR) is 90.5 cm³/mol. The highest BCUT2D eigenvalue weighted by molar-refractivity contribution is 5.66. The summed E-state index contributed by atoms with van der Waals surface area (Å²) in [5, 5.41) is 7.96. The average Bonchev–Trinajstić information content (AvgIpc) is 3.02. The molecule has 5 heteroatoms. The van der Waals surface area contributed by atoms with Crippen LogP contribution in [0.15, 0.2) is 30.3 Å². The first-order valence-electron chi connectivity index (χ1n) is 8.13. The van der Waals surface area contributed by atoms with E-state index < -0.39 is 5.97 Å². The zero-order valence-corrected chi connectivity index (χ0v) is 14.4. The summed E-state index contributed by atoms with van der Waals surface area (Å²) < 4.78 is 10.4. The summed E-state index contributed by atoms with van der Waals surface area (Å²) in [6, 6.07) is 11.1. The van der Waals surface area contributed by atoms with Crippen LogP contribution < -0.4 is 0 Å². The van der Waals surface area contributed by atoms with E-state index in [2.05, 4.69) is 47.7 Å². The largest absolute Gasteiger partial charge is 0.481 e. The van der Waals surface area contributed by atoms with Crippen LogP contribution in [0.3, 0.4) is 0 Å². The molecule has 0 saturated carbocycles. The molecule has 0 spiro atoms. The number of carboxylic acids is 1. The zero-order valence-electron chi connectivity index (χ0n) is 14.4. The van der Waals surface area contributed by atoms with Gasteiger partial charge >= 0.3 is 5.97 Å². The topological polar surface area (TPSA) is 59.0 Å². The van der Waals surface area contributed by atoms with Crippen molar-refractivity contribution in [1.29, 1.82) is 0 Å². The first-order chi connectivity index (χ1) is 11.0. The maximum Gasteiger partial charge on any atom is 0.305 e. The fourth-order valence-corrected chi connectivity index (χ4v) is 2.34. The summed E-state index contributed by atoms with van der Waals surface area (Å²) in [7, 11) is 1.48. The lowest BCUT2D eigenvalue weighted by Gasteiger charge is -2.20. The predicted octanol–water partition coefficient (Wildman–Crippen LogP) is 2.79. The molecule has 1 aliphatic rings. The van der Waals surface area contributed by atoms with Crippen LogP contribution in [-0.4, -0.2) is 54.9 Å². The molecule has 23 heavy (non-hydrogen) atoms. The second-order valence-electron chi connectivity index (χ2n) is 5.93. The van der Waals surface area contributed by atoms with Crippen molar-refractivity contribution in [2.24, 2.45) is 0 Å². The molecule has 1 unspecified atom stereocenters. The summed E-state index contributed by atoms with van der Waals surface area (Å²) in [5.41, 5.74) is 1.27. The number of hydrogen-bond acceptors (Lipinski definition) is 4. The van der Waals surface area contributed by atoms with Gasteiger partial charge in [-0.25, -0.2) is 0 Å². The molecular formula is C18H29NO4. The van der Waals surface area contributed by atoms with E-state index in [4.69, 9.17) is 9.84 Å². The third kappa shape index (κ3) is 8.69. The maximum absolute atomic E-state index is 9.68. The number of carbonyl (C=O) groups is 1. The number of ether oxygens (including phenoxy) is 2. The Morgan fingerprint density at radius 3 is 2.52 bits per heavy atom. The van der Waals surface area contributed by atoms with Crippen molar-refractivity contribution >= 4 is 5.97 Å². The van der Waals surface area contributed by atoms with E-state index in [0.29, 0.717) is 18.8 Å². The Kier molecular flexibility index (Phi) is 9.52. The molecule has 0 aromatic heterocycles. The van der Waals surface area contributed by atoms with E-state index in [1.165, 1.54) is 25.6 Å². The summed E-state index contributed by atoms with van der Waals surface area (Å²) in [6.45, 7) is 7.81. The Labute approximate surface area is 139 Å². The van der Waals surface area contributed by atoms with Gasteiger partial charge in [0.05, 0.1) is 25.7 Å². The van der Waals surface area contributed by atoms with Crippen molar-refractivity contribution < 1.29 is 19.4 Å². The van der Waals surface area contributed by atoms with Crippen molar-refractivity contribution in [3.63, 3.8) is 0 Å². The zero-order chi connectivity index (χ0) is 17.1. The van der Waals surface area contributed by atoms with Crippen molar-refractivity contribution in [2.45, 2.75) is 45.4 Å². The quantitative estimate of drug-likeness (QED) is 0.836. The Morgan fingerprint density at radius 2 is 2.04 bits per heavy atom. The van der Waals surface area contributed by atoms with E-state index in [1.54, 1.807) is 0 Å². The Morgan fingerprint density at radius 1 is 1.35 bits per heavy atom. The van der Waals surface area contributed by atoms with Gasteiger partial charge in [0, 0.05) is 26.2 Å². The average molecular weight is 323 g/mol. The van der Waals surface area contributed by atoms with Crippen LogP contribution in [0.2, 0.25) is 0 Å². The number of benzene rings is 1. The molecule has 5 nitrogen and oxygen atoms in total. The van der Waals surface area contributed by atoms with Gasteiger partial charge in [-0.15, -0.1) is 0 Å². The molecule has 1 aromatic carbocycles. The summed E-state index contributed by atoms with van der Waals surface area (Å²) >= 11 is 0. The molecule has 0 aliphatic carbocycles. The number of nitrogens with zero attached hydrogens (tertiary/aromatic N) is 1. The second-order valence-corrected chi connectivity index (χ2v) is 5.93. The molecule has 2 rings (SSSR count). The molecule has 130 valence electrons. The highest BCUT2D eigenvalue weighted by Crippen LogP contribution is 2.16. The molecule has 0 bridgehead atoms. The maximum atomic E-state index is 9.68. The van der Waals surface area contributed by atoms with Gasteiger partial charge in [0.25, 0.3) is 0 Å².